The average Bonchev–Trinajstić information content (AvgIpc) is 4.11. The van der Waals surface area contributed by atoms with E-state index in [1.165, 1.54) is 11.1 Å². The molecule has 0 bridgehead atoms. The Morgan fingerprint density at radius 2 is 1.02 bits per heavy atom. The van der Waals surface area contributed by atoms with Gasteiger partial charge in [-0.1, -0.05) is 78.0 Å². The van der Waals surface area contributed by atoms with Crippen LogP contribution in [-0.2, 0) is 26.2 Å². The lowest BCUT2D eigenvalue weighted by Gasteiger charge is -2.32. The lowest BCUT2D eigenvalue weighted by molar-refractivity contribution is 0.288. The lowest BCUT2D eigenvalue weighted by Crippen LogP contribution is -2.34. The lowest BCUT2D eigenvalue weighted by atomic mass is 9.95. The molecule has 0 atom stereocenters. The van der Waals surface area contributed by atoms with Crippen molar-refractivity contribution >= 4 is 11.6 Å². The first-order chi connectivity index (χ1) is 30.7. The quantitative estimate of drug-likeness (QED) is 0.120. The zero-order chi connectivity index (χ0) is 41.8. The maximum absolute atomic E-state index is 5.97. The van der Waals surface area contributed by atoms with Gasteiger partial charge in [-0.25, -0.2) is 14.6 Å². The molecule has 0 amide bonds. The van der Waals surface area contributed by atoms with Crippen molar-refractivity contribution in [2.45, 2.75) is 63.8 Å². The first-order valence-corrected chi connectivity index (χ1v) is 21.3. The molecule has 6 aromatic heterocycles. The zero-order valence-corrected chi connectivity index (χ0v) is 34.7. The monoisotopic (exact) mass is 826 g/mol. The molecular formula is C47H50N14O. The maximum atomic E-state index is 5.97. The number of pyridine rings is 3. The van der Waals surface area contributed by atoms with Gasteiger partial charge in [-0.15, -0.1) is 25.5 Å². The number of benzene rings is 2. The summed E-state index contributed by atoms with van der Waals surface area (Å²) in [6.07, 6.45) is 14.8. The average molecular weight is 827 g/mol. The van der Waals surface area contributed by atoms with Gasteiger partial charge in [0.15, 0.2) is 11.6 Å². The van der Waals surface area contributed by atoms with Gasteiger partial charge in [-0.2, -0.15) is 0 Å². The first kappa shape index (κ1) is 40.1. The summed E-state index contributed by atoms with van der Waals surface area (Å²) in [5.41, 5.74) is 2.47. The van der Waals surface area contributed by atoms with E-state index in [4.69, 9.17) is 4.74 Å². The fourth-order valence-electron chi connectivity index (χ4n) is 8.26. The molecule has 0 spiro atoms. The van der Waals surface area contributed by atoms with Crippen molar-refractivity contribution in [1.82, 2.24) is 59.5 Å². The van der Waals surface area contributed by atoms with E-state index >= 15 is 0 Å². The molecule has 10 rings (SSSR count). The van der Waals surface area contributed by atoms with Gasteiger partial charge in [-0.3, -0.25) is 4.98 Å². The molecule has 0 saturated carbocycles. The van der Waals surface area contributed by atoms with E-state index in [-0.39, 0.29) is 0 Å². The van der Waals surface area contributed by atoms with E-state index in [1.807, 2.05) is 67.1 Å². The minimum Gasteiger partial charge on any atom is -0.485 e. The second-order valence-corrected chi connectivity index (χ2v) is 15.6. The van der Waals surface area contributed by atoms with Crippen molar-refractivity contribution in [3.63, 3.8) is 0 Å². The van der Waals surface area contributed by atoms with Gasteiger partial charge in [0.05, 0.1) is 19.3 Å². The van der Waals surface area contributed by atoms with Crippen LogP contribution < -0.4 is 14.5 Å². The number of ether oxygens (including phenoxy) is 1. The molecule has 314 valence electrons. The molecule has 2 fully saturated rings. The van der Waals surface area contributed by atoms with Gasteiger partial charge < -0.3 is 23.7 Å². The number of nitrogens with zero attached hydrogens (tertiary/aromatic N) is 14. The van der Waals surface area contributed by atoms with Crippen LogP contribution in [0, 0.1) is 0 Å². The van der Waals surface area contributed by atoms with Crippen LogP contribution in [0.1, 0.15) is 71.9 Å². The summed E-state index contributed by atoms with van der Waals surface area (Å²) in [7, 11) is 0. The maximum Gasteiger partial charge on any atom is 0.171 e. The second kappa shape index (κ2) is 19.8. The fraction of sp³-hybridized carbons (Fsp3) is 0.298. The Hall–Kier alpha value is -7.29. The van der Waals surface area contributed by atoms with E-state index < -0.39 is 0 Å². The van der Waals surface area contributed by atoms with E-state index in [0.29, 0.717) is 25.0 Å². The molecule has 0 aliphatic carbocycles. The van der Waals surface area contributed by atoms with Gasteiger partial charge in [0.1, 0.15) is 42.2 Å². The highest BCUT2D eigenvalue weighted by Gasteiger charge is 2.28. The predicted molar refractivity (Wildman–Crippen MR) is 236 cm³/mol. The minimum atomic E-state index is 0.362. The van der Waals surface area contributed by atoms with Crippen molar-refractivity contribution in [3.05, 3.63) is 181 Å². The van der Waals surface area contributed by atoms with Gasteiger partial charge >= 0.3 is 0 Å². The highest BCUT2D eigenvalue weighted by atomic mass is 16.5. The molecule has 0 radical (unpaired) electrons. The summed E-state index contributed by atoms with van der Waals surface area (Å²) >= 11 is 0. The third-order valence-corrected chi connectivity index (χ3v) is 11.5. The molecule has 0 N–H and O–H groups in total. The fourth-order valence-corrected chi connectivity index (χ4v) is 8.26. The zero-order valence-electron chi connectivity index (χ0n) is 34.7. The number of anilines is 2. The summed E-state index contributed by atoms with van der Waals surface area (Å²) < 4.78 is 12.3. The van der Waals surface area contributed by atoms with Crippen LogP contribution in [0.4, 0.5) is 11.6 Å². The summed E-state index contributed by atoms with van der Waals surface area (Å²) in [5.74, 6) is 7.47. The van der Waals surface area contributed by atoms with Gasteiger partial charge in [0, 0.05) is 69.0 Å². The third-order valence-electron chi connectivity index (χ3n) is 11.5. The van der Waals surface area contributed by atoms with Crippen LogP contribution in [-0.4, -0.2) is 85.7 Å². The molecule has 2 saturated heterocycles. The van der Waals surface area contributed by atoms with E-state index in [9.17, 15) is 0 Å². The van der Waals surface area contributed by atoms with Gasteiger partial charge in [-0.05, 0) is 73.2 Å². The van der Waals surface area contributed by atoms with Crippen LogP contribution in [0.25, 0.3) is 0 Å². The molecule has 8 heterocycles. The molecule has 2 aromatic carbocycles. The third kappa shape index (κ3) is 10.0. The van der Waals surface area contributed by atoms with Crippen molar-refractivity contribution in [1.29, 1.82) is 0 Å². The Morgan fingerprint density at radius 1 is 0.500 bits per heavy atom. The Kier molecular flexibility index (Phi) is 12.8. The molecule has 62 heavy (non-hydrogen) atoms. The number of hydrogen-bond donors (Lipinski definition) is 0. The largest absolute Gasteiger partial charge is 0.485 e. The van der Waals surface area contributed by atoms with Crippen molar-refractivity contribution in [3.8, 4) is 5.75 Å². The Labute approximate surface area is 361 Å². The van der Waals surface area contributed by atoms with E-state index in [1.54, 1.807) is 23.3 Å². The van der Waals surface area contributed by atoms with Crippen molar-refractivity contribution in [2.75, 3.05) is 36.0 Å². The molecule has 15 nitrogen and oxygen atoms in total. The Balaban J connectivity index is 0.000000158. The van der Waals surface area contributed by atoms with Crippen LogP contribution >= 0.6 is 0 Å². The highest BCUT2D eigenvalue weighted by molar-refractivity contribution is 5.39. The summed E-state index contributed by atoms with van der Waals surface area (Å²) in [6.45, 7) is 6.29. The smallest absolute Gasteiger partial charge is 0.171 e. The normalized spacial score (nSPS) is 14.6. The molecular weight excluding hydrogens is 777 g/mol. The van der Waals surface area contributed by atoms with Crippen molar-refractivity contribution < 1.29 is 4.74 Å². The summed E-state index contributed by atoms with van der Waals surface area (Å²) in [4.78, 5) is 17.7. The molecule has 8 aromatic rings. The molecule has 15 heteroatoms. The van der Waals surface area contributed by atoms with E-state index in [0.717, 1.165) is 106 Å². The summed E-state index contributed by atoms with van der Waals surface area (Å²) in [6, 6.07) is 36.8. The Bertz CT molecular complexity index is 2520. The number of piperidine rings is 2. The van der Waals surface area contributed by atoms with Crippen molar-refractivity contribution in [2.24, 2.45) is 0 Å². The SMILES string of the molecule is c1ccc(Cn2c(COc3ccncc3)nnc2C2CCN(c3ccccn3)CC2)cc1.c1ccc(Cn2c(Cn3ccnn3)nnc2C2CCN(c3ccccn3)CC2)cc1. The predicted octanol–water partition coefficient (Wildman–Crippen LogP) is 6.82. The number of rotatable bonds is 13. The van der Waals surface area contributed by atoms with Crippen LogP contribution in [0.3, 0.4) is 0 Å². The molecule has 2 aliphatic rings. The first-order valence-electron chi connectivity index (χ1n) is 21.3. The van der Waals surface area contributed by atoms with E-state index in [2.05, 4.69) is 125 Å². The van der Waals surface area contributed by atoms with Crippen LogP contribution in [0.15, 0.2) is 146 Å². The van der Waals surface area contributed by atoms with Crippen LogP contribution in [0.5, 0.6) is 5.75 Å². The second-order valence-electron chi connectivity index (χ2n) is 15.6. The van der Waals surface area contributed by atoms with Gasteiger partial charge in [0.2, 0.25) is 0 Å². The minimum absolute atomic E-state index is 0.362. The molecule has 2 aliphatic heterocycles. The highest BCUT2D eigenvalue weighted by Crippen LogP contribution is 2.31. The van der Waals surface area contributed by atoms with Gasteiger partial charge in [0.25, 0.3) is 0 Å². The molecule has 0 unspecified atom stereocenters. The standard InChI is InChI=1S/C25H26N6O.C22H24N8/c1-2-6-20(7-3-1)18-31-24(19-32-22-9-14-26-15-10-22)28-29-25(31)21-11-16-30(17-12-21)23-8-4-5-13-27-23;1-2-6-18(7-3-1)16-30-21(17-29-15-12-24-27-29)25-26-22(30)19-9-13-28(14-10-19)20-8-4-5-11-23-20/h1-10,13-15,21H,11-12,16-19H2;1-8,11-12,15,19H,9-10,13-14,16-17H2. The topological polar surface area (TPSA) is 147 Å². The van der Waals surface area contributed by atoms with Crippen LogP contribution in [0.2, 0.25) is 0 Å². The Morgan fingerprint density at radius 3 is 1.52 bits per heavy atom. The summed E-state index contributed by atoms with van der Waals surface area (Å²) in [5, 5.41) is 26.3. The number of aromatic nitrogens is 12. The number of hydrogen-bond acceptors (Lipinski definition) is 12.